The van der Waals surface area contributed by atoms with Gasteiger partial charge in [0.25, 0.3) is 10.0 Å². The first-order valence-corrected chi connectivity index (χ1v) is 8.14. The predicted molar refractivity (Wildman–Crippen MR) is 84.5 cm³/mol. The van der Waals surface area contributed by atoms with Crippen LogP contribution in [0, 0.1) is 11.6 Å². The average molecular weight is 356 g/mol. The van der Waals surface area contributed by atoms with Crippen molar-refractivity contribution < 1.29 is 26.7 Å². The number of methoxy groups -OCH3 is 1. The molecule has 6 nitrogen and oxygen atoms in total. The molecule has 2 aromatic rings. The molecular weight excluding hydrogens is 342 g/mol. The highest BCUT2D eigenvalue weighted by molar-refractivity contribution is 7.92. The monoisotopic (exact) mass is 356 g/mol. The lowest BCUT2D eigenvalue weighted by Crippen LogP contribution is -2.15. The van der Waals surface area contributed by atoms with Gasteiger partial charge in [-0.3, -0.25) is 9.52 Å². The molecule has 2 N–H and O–H groups in total. The number of carbonyl (C=O) groups excluding carboxylic acids is 1. The lowest BCUT2D eigenvalue weighted by atomic mass is 10.2. The average Bonchev–Trinajstić information content (AvgIpc) is 2.45. The molecule has 2 aromatic carbocycles. The molecule has 0 bridgehead atoms. The molecule has 24 heavy (non-hydrogen) atoms. The van der Waals surface area contributed by atoms with E-state index in [2.05, 4.69) is 10.0 Å². The maximum absolute atomic E-state index is 13.2. The van der Waals surface area contributed by atoms with Crippen molar-refractivity contribution in [3.63, 3.8) is 0 Å². The third-order valence-corrected chi connectivity index (χ3v) is 4.26. The summed E-state index contributed by atoms with van der Waals surface area (Å²) in [6.07, 6.45) is 0. The summed E-state index contributed by atoms with van der Waals surface area (Å²) in [6.45, 7) is 1.30. The number of sulfonamides is 1. The third kappa shape index (κ3) is 4.19. The Balaban J connectivity index is 2.42. The number of nitrogens with one attached hydrogen (secondary N) is 2. The highest BCUT2D eigenvalue weighted by atomic mass is 32.2. The fourth-order valence-electron chi connectivity index (χ4n) is 1.96. The first-order valence-electron chi connectivity index (χ1n) is 6.66. The molecule has 0 saturated heterocycles. The van der Waals surface area contributed by atoms with Gasteiger partial charge in [-0.15, -0.1) is 0 Å². The summed E-state index contributed by atoms with van der Waals surface area (Å²) in [7, 11) is -2.93. The molecule has 0 spiro atoms. The first kappa shape index (κ1) is 17.7. The van der Waals surface area contributed by atoms with Crippen LogP contribution in [0.5, 0.6) is 5.75 Å². The topological polar surface area (TPSA) is 84.5 Å². The van der Waals surface area contributed by atoms with Gasteiger partial charge in [0.15, 0.2) is 0 Å². The summed E-state index contributed by atoms with van der Waals surface area (Å²) >= 11 is 0. The largest absolute Gasteiger partial charge is 0.495 e. The van der Waals surface area contributed by atoms with Crippen LogP contribution in [-0.2, 0) is 14.8 Å². The molecule has 1 amide bonds. The van der Waals surface area contributed by atoms with E-state index >= 15 is 0 Å². The third-order valence-electron chi connectivity index (χ3n) is 2.91. The van der Waals surface area contributed by atoms with Crippen LogP contribution in [-0.4, -0.2) is 21.4 Å². The van der Waals surface area contributed by atoms with Crippen LogP contribution in [0.3, 0.4) is 0 Å². The Hall–Kier alpha value is -2.68. The maximum Gasteiger partial charge on any atom is 0.262 e. The van der Waals surface area contributed by atoms with Gasteiger partial charge < -0.3 is 10.1 Å². The Bertz CT molecular complexity index is 865. The summed E-state index contributed by atoms with van der Waals surface area (Å²) in [5.41, 5.74) is 0.333. The molecule has 0 aromatic heterocycles. The van der Waals surface area contributed by atoms with Crippen molar-refractivity contribution in [3.8, 4) is 5.75 Å². The lowest BCUT2D eigenvalue weighted by molar-refractivity contribution is -0.114. The number of amides is 1. The van der Waals surface area contributed by atoms with Crippen LogP contribution in [0.1, 0.15) is 6.92 Å². The van der Waals surface area contributed by atoms with Crippen molar-refractivity contribution in [2.75, 3.05) is 17.1 Å². The Morgan fingerprint density at radius 2 is 1.71 bits per heavy atom. The van der Waals surface area contributed by atoms with E-state index in [9.17, 15) is 22.0 Å². The lowest BCUT2D eigenvalue weighted by Gasteiger charge is -2.14. The van der Waals surface area contributed by atoms with Crippen LogP contribution in [0.15, 0.2) is 41.3 Å². The van der Waals surface area contributed by atoms with Gasteiger partial charge in [0.1, 0.15) is 17.4 Å². The second-order valence-electron chi connectivity index (χ2n) is 4.81. The van der Waals surface area contributed by atoms with E-state index in [1.54, 1.807) is 0 Å². The van der Waals surface area contributed by atoms with E-state index in [-0.39, 0.29) is 17.3 Å². The van der Waals surface area contributed by atoms with Crippen molar-refractivity contribution in [1.82, 2.24) is 0 Å². The molecule has 128 valence electrons. The molecule has 0 unspecified atom stereocenters. The normalized spacial score (nSPS) is 11.0. The quantitative estimate of drug-likeness (QED) is 0.863. The zero-order valence-electron chi connectivity index (χ0n) is 12.8. The molecular formula is C15H14F2N2O4S. The summed E-state index contributed by atoms with van der Waals surface area (Å²) < 4.78 is 58.4. The Morgan fingerprint density at radius 3 is 2.25 bits per heavy atom. The number of halogens is 2. The highest BCUT2D eigenvalue weighted by Crippen LogP contribution is 2.30. The molecule has 0 saturated carbocycles. The molecule has 9 heteroatoms. The van der Waals surface area contributed by atoms with Crippen molar-refractivity contribution >= 4 is 27.3 Å². The fraction of sp³-hybridized carbons (Fsp3) is 0.133. The number of ether oxygens (including phenoxy) is 1. The van der Waals surface area contributed by atoms with Crippen LogP contribution < -0.4 is 14.8 Å². The minimum atomic E-state index is -4.26. The highest BCUT2D eigenvalue weighted by Gasteiger charge is 2.19. The van der Waals surface area contributed by atoms with Gasteiger partial charge in [0, 0.05) is 18.7 Å². The Kier molecular flexibility index (Phi) is 5.03. The molecule has 0 radical (unpaired) electrons. The van der Waals surface area contributed by atoms with Crippen molar-refractivity contribution in [2.45, 2.75) is 11.8 Å². The van der Waals surface area contributed by atoms with Gasteiger partial charge in [-0.1, -0.05) is 0 Å². The first-order chi connectivity index (χ1) is 11.2. The number of anilines is 2. The number of carbonyl (C=O) groups is 1. The standard InChI is InChI=1S/C15H14F2N2O4S/c1-9(20)18-12-3-4-15(23-2)14(8-12)19-24(21,22)13-6-10(16)5-11(17)7-13/h3-8,19H,1-2H3,(H,18,20). The van der Waals surface area contributed by atoms with Gasteiger partial charge in [-0.25, -0.2) is 17.2 Å². The molecule has 0 heterocycles. The number of hydrogen-bond acceptors (Lipinski definition) is 4. The van der Waals surface area contributed by atoms with Crippen LogP contribution in [0.25, 0.3) is 0 Å². The molecule has 2 rings (SSSR count). The molecule has 0 aliphatic rings. The maximum atomic E-state index is 13.2. The number of benzene rings is 2. The predicted octanol–water partition coefficient (Wildman–Crippen LogP) is 2.73. The molecule has 0 atom stereocenters. The second-order valence-corrected chi connectivity index (χ2v) is 6.49. The summed E-state index contributed by atoms with van der Waals surface area (Å²) in [5, 5.41) is 2.49. The number of rotatable bonds is 5. The van der Waals surface area contributed by atoms with E-state index in [1.165, 1.54) is 32.2 Å². The van der Waals surface area contributed by atoms with Gasteiger partial charge in [-0.05, 0) is 30.3 Å². The van der Waals surface area contributed by atoms with E-state index in [1.807, 2.05) is 0 Å². The van der Waals surface area contributed by atoms with Crippen LogP contribution in [0.4, 0.5) is 20.2 Å². The van der Waals surface area contributed by atoms with Gasteiger partial charge in [-0.2, -0.15) is 0 Å². The van der Waals surface area contributed by atoms with E-state index < -0.39 is 26.6 Å². The zero-order valence-corrected chi connectivity index (χ0v) is 13.6. The van der Waals surface area contributed by atoms with Crippen LogP contribution in [0.2, 0.25) is 0 Å². The van der Waals surface area contributed by atoms with Crippen molar-refractivity contribution in [2.24, 2.45) is 0 Å². The van der Waals surface area contributed by atoms with E-state index in [0.29, 0.717) is 23.9 Å². The van der Waals surface area contributed by atoms with Gasteiger partial charge in [0.05, 0.1) is 17.7 Å². The second kappa shape index (κ2) is 6.83. The van der Waals surface area contributed by atoms with Gasteiger partial charge >= 0.3 is 0 Å². The Morgan fingerprint density at radius 1 is 1.08 bits per heavy atom. The number of hydrogen-bond donors (Lipinski definition) is 2. The molecule has 0 aliphatic heterocycles. The van der Waals surface area contributed by atoms with E-state index in [4.69, 9.17) is 4.74 Å². The minimum Gasteiger partial charge on any atom is -0.495 e. The molecule has 0 fully saturated rings. The SMILES string of the molecule is COc1ccc(NC(C)=O)cc1NS(=O)(=O)c1cc(F)cc(F)c1. The van der Waals surface area contributed by atoms with Crippen molar-refractivity contribution in [1.29, 1.82) is 0 Å². The summed E-state index contributed by atoms with van der Waals surface area (Å²) in [5.74, 6) is -2.21. The van der Waals surface area contributed by atoms with Gasteiger partial charge in [0.2, 0.25) is 5.91 Å². The van der Waals surface area contributed by atoms with Crippen LogP contribution >= 0.6 is 0 Å². The summed E-state index contributed by atoms with van der Waals surface area (Å²) in [6, 6.07) is 6.23. The van der Waals surface area contributed by atoms with E-state index in [0.717, 1.165) is 0 Å². The summed E-state index contributed by atoms with van der Waals surface area (Å²) in [4.78, 5) is 10.5. The van der Waals surface area contributed by atoms with Crippen molar-refractivity contribution in [3.05, 3.63) is 48.0 Å². The molecule has 0 aliphatic carbocycles. The Labute approximate surface area is 137 Å². The fourth-order valence-corrected chi connectivity index (χ4v) is 3.06. The zero-order chi connectivity index (χ0) is 17.9. The smallest absolute Gasteiger partial charge is 0.262 e. The minimum absolute atomic E-state index is 0.00780.